The molecule has 0 saturated heterocycles. The summed E-state index contributed by atoms with van der Waals surface area (Å²) in [4.78, 5) is 29.4. The van der Waals surface area contributed by atoms with Crippen LogP contribution in [0.4, 0.5) is 0 Å². The van der Waals surface area contributed by atoms with Gasteiger partial charge in [0.05, 0.1) is 24.1 Å². The molecule has 0 unspecified atom stereocenters. The zero-order chi connectivity index (χ0) is 16.9. The van der Waals surface area contributed by atoms with Crippen molar-refractivity contribution in [3.05, 3.63) is 76.2 Å². The van der Waals surface area contributed by atoms with Crippen LogP contribution in [0.2, 0.25) is 0 Å². The Morgan fingerprint density at radius 3 is 2.50 bits per heavy atom. The lowest BCUT2D eigenvalue weighted by atomic mass is 10.1. The van der Waals surface area contributed by atoms with Gasteiger partial charge in [0.15, 0.2) is 0 Å². The quantitative estimate of drug-likeness (QED) is 0.726. The molecule has 0 saturated carbocycles. The van der Waals surface area contributed by atoms with E-state index < -0.39 is 0 Å². The molecule has 3 aromatic rings. The van der Waals surface area contributed by atoms with Crippen LogP contribution in [0.5, 0.6) is 0 Å². The van der Waals surface area contributed by atoms with E-state index in [1.807, 2.05) is 36.4 Å². The molecule has 0 radical (unpaired) electrons. The van der Waals surface area contributed by atoms with Gasteiger partial charge in [-0.3, -0.25) is 14.4 Å². The Balaban J connectivity index is 1.70. The molecule has 1 amide bonds. The number of hydroxylamine groups is 1. The van der Waals surface area contributed by atoms with Gasteiger partial charge < -0.3 is 0 Å². The highest BCUT2D eigenvalue weighted by atomic mass is 16.6. The van der Waals surface area contributed by atoms with Gasteiger partial charge in [0.1, 0.15) is 0 Å². The first-order chi connectivity index (χ1) is 11.6. The number of carbonyl (C=O) groups excluding carboxylic acids is 1. The molecule has 1 N–H and O–H groups in total. The van der Waals surface area contributed by atoms with Gasteiger partial charge >= 0.3 is 0 Å². The summed E-state index contributed by atoms with van der Waals surface area (Å²) in [5.41, 5.74) is 3.72. The molecule has 0 aliphatic heterocycles. The topological polar surface area (TPSA) is 73.2 Å². The van der Waals surface area contributed by atoms with Crippen molar-refractivity contribution in [2.75, 3.05) is 0 Å². The standard InChI is InChI=1S/C18H17N3O3/c1-21-18(23)15-10-6-5-9-14(15)16(19-21)11-17(22)20-24-12-13-7-3-2-4-8-13/h2-10H,11-12H2,1H3,(H,20,22). The molecule has 24 heavy (non-hydrogen) atoms. The van der Waals surface area contributed by atoms with Crippen LogP contribution in [0.15, 0.2) is 59.4 Å². The molecule has 6 nitrogen and oxygen atoms in total. The number of hydrogen-bond donors (Lipinski definition) is 1. The van der Waals surface area contributed by atoms with Crippen molar-refractivity contribution < 1.29 is 9.63 Å². The van der Waals surface area contributed by atoms with Crippen molar-refractivity contribution in [1.29, 1.82) is 0 Å². The Morgan fingerprint density at radius 1 is 1.08 bits per heavy atom. The van der Waals surface area contributed by atoms with E-state index in [4.69, 9.17) is 4.84 Å². The fourth-order valence-electron chi connectivity index (χ4n) is 2.47. The first-order valence-electron chi connectivity index (χ1n) is 7.54. The highest BCUT2D eigenvalue weighted by Crippen LogP contribution is 2.13. The minimum absolute atomic E-state index is 0.0312. The third kappa shape index (κ3) is 3.49. The van der Waals surface area contributed by atoms with Gasteiger partial charge in [-0.15, -0.1) is 0 Å². The molecule has 0 atom stereocenters. The van der Waals surface area contributed by atoms with E-state index in [9.17, 15) is 9.59 Å². The largest absolute Gasteiger partial charge is 0.274 e. The maximum Gasteiger partial charge on any atom is 0.274 e. The molecule has 1 heterocycles. The summed E-state index contributed by atoms with van der Waals surface area (Å²) in [6, 6.07) is 16.7. The van der Waals surface area contributed by atoms with E-state index in [-0.39, 0.29) is 24.5 Å². The average Bonchev–Trinajstić information content (AvgIpc) is 2.60. The van der Waals surface area contributed by atoms with Crippen LogP contribution in [-0.4, -0.2) is 15.7 Å². The Bertz CT molecular complexity index is 920. The number of aromatic nitrogens is 2. The van der Waals surface area contributed by atoms with Gasteiger partial charge in [0.2, 0.25) is 5.91 Å². The Hall–Kier alpha value is -2.99. The number of carbonyl (C=O) groups is 1. The minimum atomic E-state index is -0.317. The second-order valence-electron chi connectivity index (χ2n) is 5.40. The summed E-state index contributed by atoms with van der Waals surface area (Å²) in [7, 11) is 1.57. The van der Waals surface area contributed by atoms with E-state index >= 15 is 0 Å². The monoisotopic (exact) mass is 323 g/mol. The van der Waals surface area contributed by atoms with E-state index in [0.29, 0.717) is 16.5 Å². The lowest BCUT2D eigenvalue weighted by molar-refractivity contribution is -0.133. The van der Waals surface area contributed by atoms with Gasteiger partial charge in [0.25, 0.3) is 5.56 Å². The predicted molar refractivity (Wildman–Crippen MR) is 90.1 cm³/mol. The van der Waals surface area contributed by atoms with Gasteiger partial charge in [-0.2, -0.15) is 5.10 Å². The normalized spacial score (nSPS) is 10.7. The summed E-state index contributed by atoms with van der Waals surface area (Å²) in [5.74, 6) is -0.317. The third-order valence-corrected chi connectivity index (χ3v) is 3.63. The number of fused-ring (bicyclic) bond motifs is 1. The molecule has 1 aromatic heterocycles. The van der Waals surface area contributed by atoms with Crippen LogP contribution in [0.25, 0.3) is 10.8 Å². The van der Waals surface area contributed by atoms with Crippen molar-refractivity contribution in [3.63, 3.8) is 0 Å². The van der Waals surface area contributed by atoms with Gasteiger partial charge in [-0.25, -0.2) is 10.2 Å². The Labute approximate surface area is 138 Å². The predicted octanol–water partition coefficient (Wildman–Crippen LogP) is 1.72. The fourth-order valence-corrected chi connectivity index (χ4v) is 2.47. The van der Waals surface area contributed by atoms with Crippen LogP contribution in [0.3, 0.4) is 0 Å². The highest BCUT2D eigenvalue weighted by Gasteiger charge is 2.12. The van der Waals surface area contributed by atoms with Crippen LogP contribution < -0.4 is 11.0 Å². The number of benzene rings is 2. The molecular formula is C18H17N3O3. The van der Waals surface area contributed by atoms with E-state index in [0.717, 1.165) is 5.56 Å². The SMILES string of the molecule is Cn1nc(CC(=O)NOCc2ccccc2)c2ccccc2c1=O. The molecule has 0 aliphatic carbocycles. The van der Waals surface area contributed by atoms with E-state index in [1.54, 1.807) is 25.2 Å². The van der Waals surface area contributed by atoms with Crippen molar-refractivity contribution in [2.24, 2.45) is 7.05 Å². The highest BCUT2D eigenvalue weighted by molar-refractivity contribution is 5.88. The molecule has 122 valence electrons. The number of aryl methyl sites for hydroxylation is 1. The summed E-state index contributed by atoms with van der Waals surface area (Å²) in [6.07, 6.45) is 0.0312. The molecule has 0 bridgehead atoms. The zero-order valence-electron chi connectivity index (χ0n) is 13.2. The van der Waals surface area contributed by atoms with Crippen LogP contribution in [0, 0.1) is 0 Å². The number of hydrogen-bond acceptors (Lipinski definition) is 4. The second kappa shape index (κ2) is 7.06. The lowest BCUT2D eigenvalue weighted by Crippen LogP contribution is -2.28. The Kier molecular flexibility index (Phi) is 4.67. The van der Waals surface area contributed by atoms with Gasteiger partial charge in [0, 0.05) is 12.4 Å². The van der Waals surface area contributed by atoms with Gasteiger partial charge in [-0.05, 0) is 11.6 Å². The summed E-state index contributed by atoms with van der Waals surface area (Å²) in [5, 5.41) is 5.42. The Morgan fingerprint density at radius 2 is 1.75 bits per heavy atom. The molecule has 0 fully saturated rings. The van der Waals surface area contributed by atoms with Crippen molar-refractivity contribution in [2.45, 2.75) is 13.0 Å². The maximum absolute atomic E-state index is 12.1. The zero-order valence-corrected chi connectivity index (χ0v) is 13.2. The van der Waals surface area contributed by atoms with Crippen LogP contribution in [0.1, 0.15) is 11.3 Å². The van der Waals surface area contributed by atoms with E-state index in [1.165, 1.54) is 4.68 Å². The number of amides is 1. The second-order valence-corrected chi connectivity index (χ2v) is 5.40. The van der Waals surface area contributed by atoms with Crippen molar-refractivity contribution >= 4 is 16.7 Å². The summed E-state index contributed by atoms with van der Waals surface area (Å²) < 4.78 is 1.25. The summed E-state index contributed by atoms with van der Waals surface area (Å²) >= 11 is 0. The first kappa shape index (κ1) is 15.9. The number of nitrogens with zero attached hydrogens (tertiary/aromatic N) is 2. The van der Waals surface area contributed by atoms with Crippen molar-refractivity contribution in [3.8, 4) is 0 Å². The van der Waals surface area contributed by atoms with Crippen molar-refractivity contribution in [1.82, 2.24) is 15.3 Å². The molecule has 6 heteroatoms. The first-order valence-corrected chi connectivity index (χ1v) is 7.54. The van der Waals surface area contributed by atoms with E-state index in [2.05, 4.69) is 10.6 Å². The molecule has 3 rings (SSSR count). The average molecular weight is 323 g/mol. The lowest BCUT2D eigenvalue weighted by Gasteiger charge is -2.09. The molecule has 2 aromatic carbocycles. The van der Waals surface area contributed by atoms with Crippen LogP contribution in [-0.2, 0) is 29.7 Å². The molecular weight excluding hydrogens is 306 g/mol. The summed E-state index contributed by atoms with van der Waals surface area (Å²) in [6.45, 7) is 0.286. The number of rotatable bonds is 5. The molecule has 0 aliphatic rings. The fraction of sp³-hybridized carbons (Fsp3) is 0.167. The van der Waals surface area contributed by atoms with Gasteiger partial charge in [-0.1, -0.05) is 48.5 Å². The number of nitrogens with one attached hydrogen (secondary N) is 1. The molecule has 0 spiro atoms. The smallest absolute Gasteiger partial charge is 0.272 e. The van der Waals surface area contributed by atoms with Crippen LogP contribution >= 0.6 is 0 Å². The third-order valence-electron chi connectivity index (χ3n) is 3.63. The maximum atomic E-state index is 12.1. The minimum Gasteiger partial charge on any atom is -0.272 e.